The fraction of sp³-hybridized carbons (Fsp3) is 0.304. The molecule has 0 atom stereocenters. The molecule has 1 N–H and O–H groups in total. The van der Waals surface area contributed by atoms with E-state index < -0.39 is 0 Å². The first kappa shape index (κ1) is 20.5. The van der Waals surface area contributed by atoms with E-state index in [1.807, 2.05) is 42.6 Å². The van der Waals surface area contributed by atoms with Gasteiger partial charge < -0.3 is 19.4 Å². The van der Waals surface area contributed by atoms with Gasteiger partial charge in [-0.05, 0) is 29.7 Å². The maximum absolute atomic E-state index is 12.2. The van der Waals surface area contributed by atoms with Gasteiger partial charge in [0.25, 0.3) is 0 Å². The second-order valence-corrected chi connectivity index (χ2v) is 6.78. The molecule has 0 aliphatic rings. The molecule has 0 fully saturated rings. The Labute approximate surface area is 171 Å². The van der Waals surface area contributed by atoms with Crippen molar-refractivity contribution in [3.8, 4) is 11.5 Å². The Bertz CT molecular complexity index is 900. The molecule has 0 radical (unpaired) electrons. The molecule has 1 aromatic heterocycles. The predicted molar refractivity (Wildman–Crippen MR) is 112 cm³/mol. The molecule has 0 unspecified atom stereocenters. The molecule has 6 heteroatoms. The normalized spacial score (nSPS) is 10.6. The molecule has 6 nitrogen and oxygen atoms in total. The van der Waals surface area contributed by atoms with Gasteiger partial charge in [0.1, 0.15) is 17.3 Å². The third-order valence-electron chi connectivity index (χ3n) is 4.72. The minimum absolute atomic E-state index is 0.0213. The van der Waals surface area contributed by atoms with Crippen molar-refractivity contribution < 1.29 is 14.3 Å². The lowest BCUT2D eigenvalue weighted by Crippen LogP contribution is -2.26. The highest BCUT2D eigenvalue weighted by Crippen LogP contribution is 2.23. The van der Waals surface area contributed by atoms with Crippen LogP contribution in [-0.2, 0) is 24.2 Å². The van der Waals surface area contributed by atoms with E-state index in [1.165, 1.54) is 5.56 Å². The average molecular weight is 393 g/mol. The van der Waals surface area contributed by atoms with E-state index in [0.717, 1.165) is 29.4 Å². The Balaban J connectivity index is 1.46. The maximum Gasteiger partial charge on any atom is 0.220 e. The molecule has 0 saturated carbocycles. The molecule has 0 spiro atoms. The number of aryl methyl sites for hydroxylation is 1. The predicted octanol–water partition coefficient (Wildman–Crippen LogP) is 3.24. The number of benzene rings is 2. The first-order chi connectivity index (χ1) is 14.2. The molecule has 0 bridgehead atoms. The molecule has 3 aromatic rings. The van der Waals surface area contributed by atoms with E-state index in [1.54, 1.807) is 20.4 Å². The van der Waals surface area contributed by atoms with Crippen LogP contribution in [0, 0.1) is 0 Å². The number of rotatable bonds is 10. The lowest BCUT2D eigenvalue weighted by molar-refractivity contribution is -0.121. The van der Waals surface area contributed by atoms with Gasteiger partial charge in [-0.25, -0.2) is 4.98 Å². The minimum Gasteiger partial charge on any atom is -0.497 e. The number of hydrogen-bond donors (Lipinski definition) is 1. The van der Waals surface area contributed by atoms with Gasteiger partial charge in [-0.3, -0.25) is 4.79 Å². The summed E-state index contributed by atoms with van der Waals surface area (Å²) in [5, 5.41) is 2.98. The fourth-order valence-corrected chi connectivity index (χ4v) is 3.16. The van der Waals surface area contributed by atoms with Gasteiger partial charge in [0, 0.05) is 44.4 Å². The highest BCUT2D eigenvalue weighted by molar-refractivity contribution is 5.76. The van der Waals surface area contributed by atoms with Gasteiger partial charge in [0.2, 0.25) is 5.91 Å². The zero-order valence-electron chi connectivity index (χ0n) is 16.9. The summed E-state index contributed by atoms with van der Waals surface area (Å²) in [4.78, 5) is 16.7. The van der Waals surface area contributed by atoms with E-state index in [-0.39, 0.29) is 5.91 Å². The van der Waals surface area contributed by atoms with Gasteiger partial charge in [-0.15, -0.1) is 0 Å². The SMILES string of the molecule is COc1cc(CCC(=O)NCCc2nccn2Cc2ccccc2)cc(OC)c1. The molecule has 0 aliphatic carbocycles. The van der Waals surface area contributed by atoms with E-state index in [4.69, 9.17) is 9.47 Å². The summed E-state index contributed by atoms with van der Waals surface area (Å²) in [7, 11) is 3.24. The molecular formula is C23H27N3O3. The van der Waals surface area contributed by atoms with Gasteiger partial charge in [0.05, 0.1) is 14.2 Å². The van der Waals surface area contributed by atoms with Crippen LogP contribution in [0.2, 0.25) is 0 Å². The Morgan fingerprint density at radius 3 is 2.41 bits per heavy atom. The van der Waals surface area contributed by atoms with Gasteiger partial charge in [-0.2, -0.15) is 0 Å². The van der Waals surface area contributed by atoms with Crippen LogP contribution >= 0.6 is 0 Å². The van der Waals surface area contributed by atoms with Crippen LogP contribution in [0.25, 0.3) is 0 Å². The third-order valence-corrected chi connectivity index (χ3v) is 4.72. The Hall–Kier alpha value is -3.28. The van der Waals surface area contributed by atoms with Crippen molar-refractivity contribution in [2.75, 3.05) is 20.8 Å². The fourth-order valence-electron chi connectivity index (χ4n) is 3.16. The van der Waals surface area contributed by atoms with Crippen LogP contribution in [0.4, 0.5) is 0 Å². The number of nitrogens with zero attached hydrogens (tertiary/aromatic N) is 2. The van der Waals surface area contributed by atoms with E-state index in [0.29, 0.717) is 25.8 Å². The van der Waals surface area contributed by atoms with Crippen LogP contribution in [0.3, 0.4) is 0 Å². The molecule has 2 aromatic carbocycles. The topological polar surface area (TPSA) is 65.4 Å². The highest BCUT2D eigenvalue weighted by Gasteiger charge is 2.08. The lowest BCUT2D eigenvalue weighted by atomic mass is 10.1. The van der Waals surface area contributed by atoms with Crippen molar-refractivity contribution in [2.24, 2.45) is 0 Å². The Morgan fingerprint density at radius 2 is 1.72 bits per heavy atom. The lowest BCUT2D eigenvalue weighted by Gasteiger charge is -2.10. The van der Waals surface area contributed by atoms with Crippen molar-refractivity contribution in [1.82, 2.24) is 14.9 Å². The van der Waals surface area contributed by atoms with Gasteiger partial charge >= 0.3 is 0 Å². The number of amides is 1. The summed E-state index contributed by atoms with van der Waals surface area (Å²) in [5.74, 6) is 2.44. The van der Waals surface area contributed by atoms with Crippen LogP contribution in [0.15, 0.2) is 60.9 Å². The molecule has 0 aliphatic heterocycles. The zero-order valence-corrected chi connectivity index (χ0v) is 16.9. The summed E-state index contributed by atoms with van der Waals surface area (Å²) in [6, 6.07) is 15.9. The largest absolute Gasteiger partial charge is 0.497 e. The Morgan fingerprint density at radius 1 is 1.00 bits per heavy atom. The smallest absolute Gasteiger partial charge is 0.220 e. The van der Waals surface area contributed by atoms with Crippen molar-refractivity contribution in [1.29, 1.82) is 0 Å². The number of imidazole rings is 1. The zero-order chi connectivity index (χ0) is 20.5. The number of methoxy groups -OCH3 is 2. The maximum atomic E-state index is 12.2. The van der Waals surface area contributed by atoms with Crippen molar-refractivity contribution in [3.05, 3.63) is 77.9 Å². The summed E-state index contributed by atoms with van der Waals surface area (Å²) in [6.07, 6.45) is 5.51. The monoisotopic (exact) mass is 393 g/mol. The van der Waals surface area contributed by atoms with Crippen LogP contribution in [0.5, 0.6) is 11.5 Å². The molecule has 152 valence electrons. The molecule has 0 saturated heterocycles. The summed E-state index contributed by atoms with van der Waals surface area (Å²) >= 11 is 0. The number of hydrogen-bond acceptors (Lipinski definition) is 4. The second-order valence-electron chi connectivity index (χ2n) is 6.78. The van der Waals surface area contributed by atoms with Crippen molar-refractivity contribution >= 4 is 5.91 Å². The van der Waals surface area contributed by atoms with Gasteiger partial charge in [-0.1, -0.05) is 30.3 Å². The number of aromatic nitrogens is 2. The Kier molecular flexibility index (Phi) is 7.28. The van der Waals surface area contributed by atoms with Crippen molar-refractivity contribution in [2.45, 2.75) is 25.8 Å². The standard InChI is InChI=1S/C23H27N3O3/c1-28-20-14-19(15-21(16-20)29-2)8-9-23(27)25-11-10-22-24-12-13-26(22)17-18-6-4-3-5-7-18/h3-7,12-16H,8-11,17H2,1-2H3,(H,25,27). The first-order valence-electron chi connectivity index (χ1n) is 9.70. The van der Waals surface area contributed by atoms with Crippen LogP contribution in [0.1, 0.15) is 23.4 Å². The number of carbonyl (C=O) groups is 1. The van der Waals surface area contributed by atoms with Crippen LogP contribution < -0.4 is 14.8 Å². The number of carbonyl (C=O) groups excluding carboxylic acids is 1. The molecule has 1 amide bonds. The molecule has 1 heterocycles. The van der Waals surface area contributed by atoms with Gasteiger partial charge in [0.15, 0.2) is 0 Å². The minimum atomic E-state index is 0.0213. The van der Waals surface area contributed by atoms with E-state index in [2.05, 4.69) is 27.0 Å². The molecule has 3 rings (SSSR count). The third kappa shape index (κ3) is 6.10. The number of nitrogens with one attached hydrogen (secondary N) is 1. The molecular weight excluding hydrogens is 366 g/mol. The van der Waals surface area contributed by atoms with Crippen LogP contribution in [-0.4, -0.2) is 36.2 Å². The summed E-state index contributed by atoms with van der Waals surface area (Å²) in [6.45, 7) is 1.34. The highest BCUT2D eigenvalue weighted by atomic mass is 16.5. The first-order valence-corrected chi connectivity index (χ1v) is 9.70. The van der Waals surface area contributed by atoms with Crippen molar-refractivity contribution in [3.63, 3.8) is 0 Å². The second kappa shape index (κ2) is 10.3. The summed E-state index contributed by atoms with van der Waals surface area (Å²) in [5.41, 5.74) is 2.24. The molecule has 29 heavy (non-hydrogen) atoms. The number of ether oxygens (including phenoxy) is 2. The van der Waals surface area contributed by atoms with E-state index >= 15 is 0 Å². The van der Waals surface area contributed by atoms with E-state index in [9.17, 15) is 4.79 Å². The quantitative estimate of drug-likeness (QED) is 0.574. The average Bonchev–Trinajstić information content (AvgIpc) is 3.19. The summed E-state index contributed by atoms with van der Waals surface area (Å²) < 4.78 is 12.7.